The summed E-state index contributed by atoms with van der Waals surface area (Å²) in [5.74, 6) is -3.83. The number of amides is 1. The average Bonchev–Trinajstić information content (AvgIpc) is 3.56. The van der Waals surface area contributed by atoms with Crippen molar-refractivity contribution < 1.29 is 45.9 Å². The summed E-state index contributed by atoms with van der Waals surface area (Å²) < 4.78 is 75.2. The maximum Gasteiger partial charge on any atom is 0.459 e. The Morgan fingerprint density at radius 1 is 1.08 bits per heavy atom. The number of hydrogen-bond donors (Lipinski definition) is 1. The van der Waals surface area contributed by atoms with E-state index in [9.17, 15) is 18.9 Å². The van der Waals surface area contributed by atoms with E-state index in [0.29, 0.717) is 28.0 Å². The van der Waals surface area contributed by atoms with Gasteiger partial charge in [-0.3, -0.25) is 28.6 Å². The van der Waals surface area contributed by atoms with Gasteiger partial charge in [0.2, 0.25) is 11.2 Å². The lowest BCUT2D eigenvalue weighted by molar-refractivity contribution is -0.145. The van der Waals surface area contributed by atoms with Gasteiger partial charge in [-0.25, -0.2) is 13.3 Å². The zero-order valence-corrected chi connectivity index (χ0v) is 29.9. The molecule has 1 N–H and O–H groups in total. The fraction of sp³-hybridized carbons (Fsp3) is 0.361. The van der Waals surface area contributed by atoms with Gasteiger partial charge in [-0.2, -0.15) is 5.09 Å². The van der Waals surface area contributed by atoms with Crippen LogP contribution in [0.3, 0.4) is 0 Å². The highest BCUT2D eigenvalue weighted by Gasteiger charge is 2.49. The Morgan fingerprint density at radius 2 is 1.85 bits per heavy atom. The van der Waals surface area contributed by atoms with Crippen LogP contribution >= 0.6 is 7.75 Å². The van der Waals surface area contributed by atoms with Crippen molar-refractivity contribution in [1.29, 1.82) is 0 Å². The van der Waals surface area contributed by atoms with E-state index in [2.05, 4.69) is 5.09 Å². The molecule has 2 aromatic heterocycles. The average molecular weight is 739 g/mol. The third-order valence-corrected chi connectivity index (χ3v) is 11.0. The predicted molar refractivity (Wildman–Crippen MR) is 184 cm³/mol. The number of halogens is 2. The lowest BCUT2D eigenvalue weighted by Gasteiger charge is -2.51. The lowest BCUT2D eigenvalue weighted by atomic mass is 9.87. The Kier molecular flexibility index (Phi) is 9.10. The van der Waals surface area contributed by atoms with Gasteiger partial charge in [-0.1, -0.05) is 51.1 Å². The van der Waals surface area contributed by atoms with Gasteiger partial charge < -0.3 is 23.3 Å². The minimum absolute atomic E-state index is 0.0140. The Labute approximate surface area is 297 Å². The van der Waals surface area contributed by atoms with Gasteiger partial charge in [0.1, 0.15) is 18.0 Å². The SMILES string of the molecule is CCOP(=O)(N[C@@H](C(=O)OC)C(C)(C)C)Oc1c2n(ccc1=O)N([C@@H]1c3ccccc3-c3occc3-c3c1ccc(F)c3F)[C@@H]1COCCN1C2=O. The fourth-order valence-corrected chi connectivity index (χ4v) is 8.79. The number of methoxy groups -OCH3 is 1. The number of fused-ring (bicyclic) bond motifs is 7. The summed E-state index contributed by atoms with van der Waals surface area (Å²) in [5.41, 5.74) is -0.126. The second-order valence-corrected chi connectivity index (χ2v) is 15.3. The first-order chi connectivity index (χ1) is 24.8. The molecule has 1 fully saturated rings. The van der Waals surface area contributed by atoms with Crippen molar-refractivity contribution in [3.8, 4) is 28.2 Å². The number of carbonyl (C=O) groups is 2. The molecule has 1 aliphatic carbocycles. The topological polar surface area (TPSA) is 142 Å². The number of furan rings is 1. The van der Waals surface area contributed by atoms with E-state index >= 15 is 8.78 Å². The third-order valence-electron chi connectivity index (χ3n) is 9.38. The Bertz CT molecular complexity index is 2180. The Balaban J connectivity index is 1.46. The number of nitrogens with one attached hydrogen (secondary N) is 1. The molecule has 0 radical (unpaired) electrons. The zero-order valence-electron chi connectivity index (χ0n) is 29.1. The van der Waals surface area contributed by atoms with Crippen molar-refractivity contribution in [1.82, 2.24) is 14.7 Å². The molecule has 1 unspecified atom stereocenters. The van der Waals surface area contributed by atoms with Crippen LogP contribution in [0.2, 0.25) is 0 Å². The number of pyridine rings is 1. The summed E-state index contributed by atoms with van der Waals surface area (Å²) >= 11 is 0. The number of ether oxygens (including phenoxy) is 2. The first kappa shape index (κ1) is 35.6. The van der Waals surface area contributed by atoms with E-state index in [1.165, 1.54) is 35.2 Å². The van der Waals surface area contributed by atoms with E-state index in [1.54, 1.807) is 57.0 Å². The number of aromatic nitrogens is 1. The number of esters is 1. The molecule has 0 saturated carbocycles. The fourth-order valence-electron chi connectivity index (χ4n) is 7.04. The molecule has 13 nitrogen and oxygen atoms in total. The molecule has 4 heterocycles. The minimum Gasteiger partial charge on any atom is -0.468 e. The van der Waals surface area contributed by atoms with Crippen LogP contribution in [0, 0.1) is 17.0 Å². The summed E-state index contributed by atoms with van der Waals surface area (Å²) in [6.07, 6.45) is 1.95. The second-order valence-electron chi connectivity index (χ2n) is 13.6. The summed E-state index contributed by atoms with van der Waals surface area (Å²) in [5, 5.41) is 4.38. The van der Waals surface area contributed by atoms with Crippen LogP contribution in [-0.4, -0.2) is 67.1 Å². The molecule has 3 aliphatic rings. The van der Waals surface area contributed by atoms with Crippen molar-refractivity contribution in [2.24, 2.45) is 5.41 Å². The first-order valence-electron chi connectivity index (χ1n) is 16.7. The highest BCUT2D eigenvalue weighted by atomic mass is 31.2. The molecule has 52 heavy (non-hydrogen) atoms. The lowest BCUT2D eigenvalue weighted by Crippen LogP contribution is -2.66. The number of morpholine rings is 1. The van der Waals surface area contributed by atoms with Crippen LogP contribution in [0.15, 0.2) is 70.2 Å². The summed E-state index contributed by atoms with van der Waals surface area (Å²) in [4.78, 5) is 42.5. The normalized spacial score (nSPS) is 19.6. The first-order valence-corrected chi connectivity index (χ1v) is 18.2. The smallest absolute Gasteiger partial charge is 0.459 e. The molecule has 1 saturated heterocycles. The van der Waals surface area contributed by atoms with Gasteiger partial charge in [-0.05, 0) is 35.6 Å². The number of rotatable bonds is 8. The largest absolute Gasteiger partial charge is 0.468 e. The van der Waals surface area contributed by atoms with Crippen LogP contribution < -0.4 is 20.0 Å². The number of nitrogens with zero attached hydrogens (tertiary/aromatic N) is 3. The Hall–Kier alpha value is -4.82. The predicted octanol–water partition coefficient (Wildman–Crippen LogP) is 5.61. The molecule has 4 atom stereocenters. The molecule has 2 aromatic carbocycles. The van der Waals surface area contributed by atoms with Gasteiger partial charge in [-0.15, -0.1) is 0 Å². The number of carbonyl (C=O) groups excluding carboxylic acids is 2. The Morgan fingerprint density at radius 3 is 2.58 bits per heavy atom. The highest BCUT2D eigenvalue weighted by molar-refractivity contribution is 7.52. The molecule has 7 rings (SSSR count). The van der Waals surface area contributed by atoms with E-state index < -0.39 is 66.1 Å². The van der Waals surface area contributed by atoms with E-state index in [-0.39, 0.29) is 37.6 Å². The van der Waals surface area contributed by atoms with Crippen molar-refractivity contribution >= 4 is 19.6 Å². The standard InChI is InChI=1S/C36H37F2N4O9P/c1-6-50-52(46,39-33(35(45)47-5)36(2,3)4)51-32-25(43)13-15-41-30(32)34(44)40-16-18-48-19-26(40)42(41)29-20-9-7-8-10-21(20)31-23(14-17-49-31)27-22(29)11-12-24(37)28(27)38/h7-15,17,26,29,33H,6,16,18-19H2,1-5H3,(H,39,46)/t26-,29-,33+,52?/m1/s1. The monoisotopic (exact) mass is 738 g/mol. The number of benzene rings is 2. The quantitative estimate of drug-likeness (QED) is 0.178. The summed E-state index contributed by atoms with van der Waals surface area (Å²) in [6, 6.07) is 10.3. The molecule has 274 valence electrons. The van der Waals surface area contributed by atoms with Gasteiger partial charge in [0.25, 0.3) is 5.91 Å². The maximum atomic E-state index is 16.0. The van der Waals surface area contributed by atoms with Gasteiger partial charge in [0.15, 0.2) is 17.3 Å². The number of hydrogen-bond acceptors (Lipinski definition) is 10. The van der Waals surface area contributed by atoms with Gasteiger partial charge in [0, 0.05) is 35.5 Å². The van der Waals surface area contributed by atoms with Crippen molar-refractivity contribution in [3.05, 3.63) is 99.7 Å². The molecule has 16 heteroatoms. The molecular weight excluding hydrogens is 701 g/mol. The summed E-state index contributed by atoms with van der Waals surface area (Å²) in [6.45, 7) is 6.79. The molecule has 2 aliphatic heterocycles. The van der Waals surface area contributed by atoms with E-state index in [4.69, 9.17) is 22.9 Å². The van der Waals surface area contributed by atoms with Crippen molar-refractivity contribution in [3.63, 3.8) is 0 Å². The highest BCUT2D eigenvalue weighted by Crippen LogP contribution is 2.51. The molecule has 1 amide bonds. The van der Waals surface area contributed by atoms with E-state index in [1.807, 2.05) is 6.07 Å². The molecular formula is C36H37F2N4O9P. The van der Waals surface area contributed by atoms with Crippen LogP contribution in [0.25, 0.3) is 22.5 Å². The maximum absolute atomic E-state index is 16.0. The van der Waals surface area contributed by atoms with Crippen LogP contribution in [-0.2, 0) is 23.4 Å². The van der Waals surface area contributed by atoms with Gasteiger partial charge >= 0.3 is 13.7 Å². The minimum atomic E-state index is -4.59. The summed E-state index contributed by atoms with van der Waals surface area (Å²) in [7, 11) is -3.41. The van der Waals surface area contributed by atoms with Crippen LogP contribution in [0.1, 0.15) is 55.4 Å². The van der Waals surface area contributed by atoms with Crippen molar-refractivity contribution in [2.75, 3.05) is 38.5 Å². The van der Waals surface area contributed by atoms with Gasteiger partial charge in [0.05, 0.1) is 39.2 Å². The van der Waals surface area contributed by atoms with E-state index in [0.717, 1.165) is 12.1 Å². The molecule has 0 spiro atoms. The van der Waals surface area contributed by atoms with Crippen LogP contribution in [0.5, 0.6) is 5.75 Å². The zero-order chi connectivity index (χ0) is 37.1. The molecule has 0 bridgehead atoms. The third kappa shape index (κ3) is 5.81. The van der Waals surface area contributed by atoms with Crippen molar-refractivity contribution in [2.45, 2.75) is 45.9 Å². The van der Waals surface area contributed by atoms with Crippen LogP contribution in [0.4, 0.5) is 8.78 Å². The second kappa shape index (κ2) is 13.3. The molecule has 4 aromatic rings.